The number of carbonyl (C=O) groups is 1. The molecular weight excluding hydrogens is 330 g/mol. The van der Waals surface area contributed by atoms with E-state index in [2.05, 4.69) is 21.2 Å². The van der Waals surface area contributed by atoms with Crippen LogP contribution in [-0.2, 0) is 17.8 Å². The highest BCUT2D eigenvalue weighted by atomic mass is 79.9. The minimum Gasteiger partial charge on any atom is -0.344 e. The quantitative estimate of drug-likeness (QED) is 0.895. The van der Waals surface area contributed by atoms with Crippen molar-refractivity contribution in [3.8, 4) is 0 Å². The van der Waals surface area contributed by atoms with E-state index in [0.717, 1.165) is 29.4 Å². The van der Waals surface area contributed by atoms with Gasteiger partial charge in [-0.15, -0.1) is 0 Å². The van der Waals surface area contributed by atoms with Crippen LogP contribution < -0.4 is 11.1 Å². The zero-order valence-electron chi connectivity index (χ0n) is 11.7. The average Bonchev–Trinajstić information content (AvgIpc) is 2.85. The van der Waals surface area contributed by atoms with Crippen molar-refractivity contribution in [1.82, 2.24) is 4.57 Å². The summed E-state index contributed by atoms with van der Waals surface area (Å²) in [6.45, 7) is 0.307. The monoisotopic (exact) mass is 347 g/mol. The van der Waals surface area contributed by atoms with E-state index in [1.165, 1.54) is 11.1 Å². The van der Waals surface area contributed by atoms with Crippen molar-refractivity contribution in [3.63, 3.8) is 0 Å². The van der Waals surface area contributed by atoms with Gasteiger partial charge in [0.1, 0.15) is 6.54 Å². The molecule has 0 radical (unpaired) electrons. The summed E-state index contributed by atoms with van der Waals surface area (Å²) in [4.78, 5) is 12.1. The predicted octanol–water partition coefficient (Wildman–Crippen LogP) is 3.23. The Labute approximate surface area is 132 Å². The van der Waals surface area contributed by atoms with Gasteiger partial charge in [0, 0.05) is 22.9 Å². The molecule has 0 saturated heterocycles. The second kappa shape index (κ2) is 6.03. The first-order chi connectivity index (χ1) is 10.1. The van der Waals surface area contributed by atoms with Gasteiger partial charge in [0.2, 0.25) is 5.91 Å². The summed E-state index contributed by atoms with van der Waals surface area (Å²) in [5.41, 5.74) is 9.37. The molecule has 0 aliphatic heterocycles. The number of hydrogen-bond acceptors (Lipinski definition) is 2. The molecule has 1 amide bonds. The number of fused-ring (bicyclic) bond motifs is 1. The Kier molecular flexibility index (Phi) is 4.12. The normalized spacial score (nSPS) is 17.3. The lowest BCUT2D eigenvalue weighted by molar-refractivity contribution is -0.116. The van der Waals surface area contributed by atoms with Crippen LogP contribution in [0.2, 0.25) is 0 Å². The number of carbonyl (C=O) groups excluding carboxylic acids is 1. The van der Waals surface area contributed by atoms with Gasteiger partial charge in [0.25, 0.3) is 0 Å². The summed E-state index contributed by atoms with van der Waals surface area (Å²) < 4.78 is 2.81. The molecule has 5 heteroatoms. The summed E-state index contributed by atoms with van der Waals surface area (Å²) in [6, 6.07) is 7.71. The summed E-state index contributed by atoms with van der Waals surface area (Å²) in [6.07, 6.45) is 7.27. The van der Waals surface area contributed by atoms with Gasteiger partial charge in [-0.3, -0.25) is 4.79 Å². The second-order valence-electron chi connectivity index (χ2n) is 5.44. The molecule has 2 aromatic rings. The van der Waals surface area contributed by atoms with Crippen LogP contribution in [0.4, 0.5) is 5.69 Å². The summed E-state index contributed by atoms with van der Waals surface area (Å²) in [5.74, 6) is -0.0391. The van der Waals surface area contributed by atoms with Gasteiger partial charge in [-0.2, -0.15) is 0 Å². The van der Waals surface area contributed by atoms with Gasteiger partial charge in [0.05, 0.1) is 5.69 Å². The number of aryl methyl sites for hydroxylation is 1. The molecule has 1 atom stereocenters. The maximum atomic E-state index is 12.1. The van der Waals surface area contributed by atoms with Crippen LogP contribution >= 0.6 is 15.9 Å². The molecule has 0 fully saturated rings. The maximum absolute atomic E-state index is 12.1. The van der Waals surface area contributed by atoms with Crippen LogP contribution in [-0.4, -0.2) is 10.5 Å². The third kappa shape index (κ3) is 3.19. The van der Waals surface area contributed by atoms with Gasteiger partial charge in [-0.1, -0.05) is 12.1 Å². The van der Waals surface area contributed by atoms with Gasteiger partial charge in [-0.25, -0.2) is 0 Å². The Hall–Kier alpha value is -1.59. The zero-order valence-corrected chi connectivity index (χ0v) is 13.3. The van der Waals surface area contributed by atoms with Crippen LogP contribution in [0.25, 0.3) is 0 Å². The molecule has 0 saturated carbocycles. The molecule has 1 aliphatic rings. The Morgan fingerprint density at radius 3 is 2.95 bits per heavy atom. The van der Waals surface area contributed by atoms with Crippen molar-refractivity contribution >= 4 is 27.5 Å². The molecule has 1 aromatic heterocycles. The maximum Gasteiger partial charge on any atom is 0.244 e. The van der Waals surface area contributed by atoms with E-state index in [0.29, 0.717) is 6.54 Å². The number of anilines is 1. The van der Waals surface area contributed by atoms with Crippen molar-refractivity contribution in [2.45, 2.75) is 31.8 Å². The number of hydrogen-bond donors (Lipinski definition) is 2. The molecule has 0 spiro atoms. The number of para-hydroxylation sites is 1. The minimum atomic E-state index is -0.0391. The van der Waals surface area contributed by atoms with Gasteiger partial charge in [-0.05, 0) is 58.5 Å². The van der Waals surface area contributed by atoms with E-state index in [9.17, 15) is 4.79 Å². The summed E-state index contributed by atoms with van der Waals surface area (Å²) in [5, 5.41) is 2.91. The number of aromatic nitrogens is 1. The fraction of sp³-hybridized carbons (Fsp3) is 0.312. The molecule has 1 aliphatic carbocycles. The third-order valence-electron chi connectivity index (χ3n) is 3.83. The predicted molar refractivity (Wildman–Crippen MR) is 87.1 cm³/mol. The molecule has 0 bridgehead atoms. The highest BCUT2D eigenvalue weighted by Gasteiger charge is 2.19. The smallest absolute Gasteiger partial charge is 0.244 e. The Balaban J connectivity index is 1.69. The number of nitrogens with one attached hydrogen (secondary N) is 1. The lowest BCUT2D eigenvalue weighted by atomic mass is 9.92. The third-order valence-corrected chi connectivity index (χ3v) is 4.52. The number of benzene rings is 1. The van der Waals surface area contributed by atoms with E-state index < -0.39 is 0 Å². The number of amides is 1. The van der Waals surface area contributed by atoms with Crippen molar-refractivity contribution in [1.29, 1.82) is 0 Å². The van der Waals surface area contributed by atoms with Crippen LogP contribution in [0.3, 0.4) is 0 Å². The van der Waals surface area contributed by atoms with Gasteiger partial charge < -0.3 is 15.6 Å². The van der Waals surface area contributed by atoms with Gasteiger partial charge in [0.15, 0.2) is 0 Å². The molecule has 1 aromatic carbocycles. The van der Waals surface area contributed by atoms with Crippen LogP contribution in [0.5, 0.6) is 0 Å². The Morgan fingerprint density at radius 2 is 2.19 bits per heavy atom. The molecule has 21 heavy (non-hydrogen) atoms. The number of rotatable bonds is 3. The Morgan fingerprint density at radius 1 is 1.38 bits per heavy atom. The highest BCUT2D eigenvalue weighted by Crippen LogP contribution is 2.28. The molecule has 1 unspecified atom stereocenters. The molecule has 1 heterocycles. The molecule has 110 valence electrons. The topological polar surface area (TPSA) is 60.0 Å². The fourth-order valence-corrected chi connectivity index (χ4v) is 3.18. The Bertz CT molecular complexity index is 665. The van der Waals surface area contributed by atoms with Crippen LogP contribution in [0, 0.1) is 0 Å². The first-order valence-corrected chi connectivity index (χ1v) is 7.91. The second-order valence-corrected chi connectivity index (χ2v) is 6.29. The summed E-state index contributed by atoms with van der Waals surface area (Å²) >= 11 is 3.43. The van der Waals surface area contributed by atoms with Crippen molar-refractivity contribution in [3.05, 3.63) is 52.3 Å². The lowest BCUT2D eigenvalue weighted by Crippen LogP contribution is -2.18. The SMILES string of the molecule is NC1CCCc2cn(CC(=O)Nc3ccccc3Br)cc21. The lowest BCUT2D eigenvalue weighted by Gasteiger charge is -2.17. The van der Waals surface area contributed by atoms with Crippen molar-refractivity contribution in [2.24, 2.45) is 5.73 Å². The van der Waals surface area contributed by atoms with Crippen LogP contribution in [0.1, 0.15) is 30.0 Å². The highest BCUT2D eigenvalue weighted by molar-refractivity contribution is 9.10. The average molecular weight is 348 g/mol. The largest absolute Gasteiger partial charge is 0.344 e. The van der Waals surface area contributed by atoms with Gasteiger partial charge >= 0.3 is 0 Å². The molecule has 3 N–H and O–H groups in total. The minimum absolute atomic E-state index is 0.0391. The molecular formula is C16H18BrN3O. The molecule has 3 rings (SSSR count). The first kappa shape index (κ1) is 14.4. The summed E-state index contributed by atoms with van der Waals surface area (Å²) in [7, 11) is 0. The number of nitrogens with two attached hydrogens (primary N) is 1. The van der Waals surface area contributed by atoms with E-state index >= 15 is 0 Å². The first-order valence-electron chi connectivity index (χ1n) is 7.12. The number of halogens is 1. The number of nitrogens with zero attached hydrogens (tertiary/aromatic N) is 1. The zero-order chi connectivity index (χ0) is 14.8. The van der Waals surface area contributed by atoms with E-state index in [4.69, 9.17) is 5.73 Å². The van der Waals surface area contributed by atoms with Crippen LogP contribution in [0.15, 0.2) is 41.1 Å². The van der Waals surface area contributed by atoms with E-state index in [1.54, 1.807) is 0 Å². The van der Waals surface area contributed by atoms with E-state index in [1.807, 2.05) is 41.2 Å². The van der Waals surface area contributed by atoms with Crippen molar-refractivity contribution in [2.75, 3.05) is 5.32 Å². The van der Waals surface area contributed by atoms with E-state index in [-0.39, 0.29) is 11.9 Å². The standard InChI is InChI=1S/C16H18BrN3O/c17-13-5-1-2-7-15(13)19-16(21)10-20-8-11-4-3-6-14(18)12(11)9-20/h1-2,5,7-9,14H,3-4,6,10,18H2,(H,19,21). The molecule has 4 nitrogen and oxygen atoms in total. The van der Waals surface area contributed by atoms with Crippen molar-refractivity contribution < 1.29 is 4.79 Å². The fourth-order valence-electron chi connectivity index (χ4n) is 2.79.